The standard InChI is InChI=1S/C41H46ClFN6O5/c1-46-23-33(32-22-27(43)4-9-31(32)41(46)53)26-20-35(42)34(37(21-26)54-3)24-48-16-14-29(15-17-48)47(2)40(52)25-12-18-49(19-13-25)30-7-5-28(6-8-30)44-36-10-11-38(50)45-39(36)51/h4-9,20-23,25,29,36,44H,10-19,24H2,1-3H3,(H,45,50,51). The minimum absolute atomic E-state index is 0.0139. The molecule has 0 saturated carbocycles. The normalized spacial score (nSPS) is 18.8. The highest BCUT2D eigenvalue weighted by molar-refractivity contribution is 6.32. The monoisotopic (exact) mass is 756 g/mol. The van der Waals surface area contributed by atoms with E-state index in [1.165, 1.54) is 22.8 Å². The van der Waals surface area contributed by atoms with Crippen LogP contribution >= 0.6 is 11.6 Å². The molecular weight excluding hydrogens is 711 g/mol. The molecule has 1 atom stereocenters. The van der Waals surface area contributed by atoms with E-state index in [-0.39, 0.29) is 35.2 Å². The predicted molar refractivity (Wildman–Crippen MR) is 208 cm³/mol. The summed E-state index contributed by atoms with van der Waals surface area (Å²) in [4.78, 5) is 56.6. The fraction of sp³-hybridized carbons (Fsp3) is 0.415. The molecule has 0 spiro atoms. The molecule has 0 bridgehead atoms. The number of likely N-dealkylation sites (tertiary alicyclic amines) is 1. The number of anilines is 2. The van der Waals surface area contributed by atoms with E-state index in [0.29, 0.717) is 46.5 Å². The summed E-state index contributed by atoms with van der Waals surface area (Å²) in [6.07, 6.45) is 5.79. The number of imide groups is 1. The topological polar surface area (TPSA) is 116 Å². The number of methoxy groups -OCH3 is 1. The first-order chi connectivity index (χ1) is 26.0. The summed E-state index contributed by atoms with van der Waals surface area (Å²) in [5.41, 5.74) is 3.99. The lowest BCUT2D eigenvalue weighted by Crippen LogP contribution is -2.48. The molecule has 3 fully saturated rings. The van der Waals surface area contributed by atoms with Gasteiger partial charge in [0.05, 0.1) is 7.11 Å². The zero-order valence-electron chi connectivity index (χ0n) is 30.9. The van der Waals surface area contributed by atoms with Gasteiger partial charge in [-0.3, -0.25) is 29.4 Å². The highest BCUT2D eigenvalue weighted by Crippen LogP contribution is 2.37. The summed E-state index contributed by atoms with van der Waals surface area (Å²) in [6.45, 7) is 3.78. The van der Waals surface area contributed by atoms with Crippen molar-refractivity contribution < 1.29 is 23.5 Å². The van der Waals surface area contributed by atoms with Gasteiger partial charge in [-0.25, -0.2) is 4.39 Å². The number of pyridine rings is 1. The van der Waals surface area contributed by atoms with E-state index >= 15 is 0 Å². The minimum Gasteiger partial charge on any atom is -0.496 e. The van der Waals surface area contributed by atoms with E-state index in [1.54, 1.807) is 20.4 Å². The van der Waals surface area contributed by atoms with E-state index in [2.05, 4.69) is 20.4 Å². The van der Waals surface area contributed by atoms with Gasteiger partial charge in [0.1, 0.15) is 17.6 Å². The molecule has 4 heterocycles. The second kappa shape index (κ2) is 15.8. The number of hydrogen-bond donors (Lipinski definition) is 2. The SMILES string of the molecule is COc1cc(-c2cn(C)c(=O)c3ccc(F)cc23)cc(Cl)c1CN1CCC(N(C)C(=O)C2CCN(c3ccc(NC4CCC(=O)NC4=O)cc3)CC2)CC1. The van der Waals surface area contributed by atoms with Crippen LogP contribution in [0.2, 0.25) is 5.02 Å². The molecule has 3 saturated heterocycles. The van der Waals surface area contributed by atoms with Crippen LogP contribution in [0.3, 0.4) is 0 Å². The molecule has 2 N–H and O–H groups in total. The zero-order chi connectivity index (χ0) is 38.1. The van der Waals surface area contributed by atoms with Gasteiger partial charge in [0.2, 0.25) is 17.7 Å². The van der Waals surface area contributed by atoms with Crippen molar-refractivity contribution in [3.8, 4) is 16.9 Å². The Morgan fingerprint density at radius 2 is 1.69 bits per heavy atom. The molecule has 1 unspecified atom stereocenters. The van der Waals surface area contributed by atoms with Crippen molar-refractivity contribution >= 4 is 51.5 Å². The molecule has 13 heteroatoms. The van der Waals surface area contributed by atoms with Crippen molar-refractivity contribution in [3.05, 3.63) is 87.6 Å². The van der Waals surface area contributed by atoms with Crippen molar-refractivity contribution in [1.29, 1.82) is 0 Å². The maximum absolute atomic E-state index is 14.3. The number of carbonyl (C=O) groups is 3. The van der Waals surface area contributed by atoms with Crippen LogP contribution in [-0.4, -0.2) is 84.5 Å². The molecule has 1 aromatic heterocycles. The van der Waals surface area contributed by atoms with E-state index in [9.17, 15) is 23.6 Å². The predicted octanol–water partition coefficient (Wildman–Crippen LogP) is 5.56. The van der Waals surface area contributed by atoms with Gasteiger partial charge in [0.15, 0.2) is 0 Å². The second-order valence-electron chi connectivity index (χ2n) is 14.7. The first-order valence-corrected chi connectivity index (χ1v) is 19.0. The number of hydrogen-bond acceptors (Lipinski definition) is 8. The maximum Gasteiger partial charge on any atom is 0.258 e. The number of fused-ring (bicyclic) bond motifs is 1. The van der Waals surface area contributed by atoms with Crippen molar-refractivity contribution in [2.45, 2.75) is 57.2 Å². The highest BCUT2D eigenvalue weighted by Gasteiger charge is 2.33. The molecule has 284 valence electrons. The zero-order valence-corrected chi connectivity index (χ0v) is 31.6. The average molecular weight is 757 g/mol. The van der Waals surface area contributed by atoms with Crippen LogP contribution in [0.1, 0.15) is 44.1 Å². The van der Waals surface area contributed by atoms with Gasteiger partial charge < -0.3 is 24.4 Å². The second-order valence-corrected chi connectivity index (χ2v) is 15.1. The highest BCUT2D eigenvalue weighted by atomic mass is 35.5. The van der Waals surface area contributed by atoms with E-state index < -0.39 is 11.9 Å². The van der Waals surface area contributed by atoms with Crippen LogP contribution in [0.5, 0.6) is 5.75 Å². The van der Waals surface area contributed by atoms with Crippen molar-refractivity contribution in [2.24, 2.45) is 13.0 Å². The minimum atomic E-state index is -0.421. The van der Waals surface area contributed by atoms with Crippen molar-refractivity contribution in [3.63, 3.8) is 0 Å². The Morgan fingerprint density at radius 3 is 2.37 bits per heavy atom. The van der Waals surface area contributed by atoms with Gasteiger partial charge in [0.25, 0.3) is 5.56 Å². The average Bonchev–Trinajstić information content (AvgIpc) is 3.18. The third kappa shape index (κ3) is 7.81. The number of piperidine rings is 3. The van der Waals surface area contributed by atoms with Gasteiger partial charge in [-0.1, -0.05) is 11.6 Å². The first kappa shape index (κ1) is 37.4. The molecular formula is C41H46ClFN6O5. The molecule has 3 amide bonds. The Hall–Kier alpha value is -4.94. The summed E-state index contributed by atoms with van der Waals surface area (Å²) in [5, 5.41) is 7.08. The van der Waals surface area contributed by atoms with Gasteiger partial charge in [0, 0.05) is 104 Å². The number of rotatable bonds is 9. The Labute approximate surface area is 319 Å². The number of nitrogens with zero attached hydrogens (tertiary/aromatic N) is 4. The smallest absolute Gasteiger partial charge is 0.258 e. The third-order valence-corrected chi connectivity index (χ3v) is 11.7. The lowest BCUT2D eigenvalue weighted by Gasteiger charge is -2.40. The van der Waals surface area contributed by atoms with Crippen molar-refractivity contribution in [1.82, 2.24) is 19.7 Å². The lowest BCUT2D eigenvalue weighted by atomic mass is 9.93. The van der Waals surface area contributed by atoms with Gasteiger partial charge in [-0.15, -0.1) is 0 Å². The molecule has 0 aliphatic carbocycles. The maximum atomic E-state index is 14.3. The number of amides is 3. The number of aromatic nitrogens is 1. The molecule has 3 aliphatic rings. The fourth-order valence-corrected chi connectivity index (χ4v) is 8.38. The Balaban J connectivity index is 0.920. The lowest BCUT2D eigenvalue weighted by molar-refractivity contribution is -0.138. The summed E-state index contributed by atoms with van der Waals surface area (Å²) in [6, 6.07) is 15.6. The van der Waals surface area contributed by atoms with Crippen LogP contribution in [0, 0.1) is 11.7 Å². The van der Waals surface area contributed by atoms with Crippen LogP contribution in [-0.2, 0) is 28.0 Å². The molecule has 7 rings (SSSR count). The Kier molecular flexibility index (Phi) is 10.9. The van der Waals surface area contributed by atoms with E-state index in [4.69, 9.17) is 16.3 Å². The van der Waals surface area contributed by atoms with Crippen LogP contribution in [0.4, 0.5) is 15.8 Å². The van der Waals surface area contributed by atoms with Crippen LogP contribution < -0.4 is 25.8 Å². The molecule has 11 nitrogen and oxygen atoms in total. The van der Waals surface area contributed by atoms with Crippen LogP contribution in [0.25, 0.3) is 21.9 Å². The summed E-state index contributed by atoms with van der Waals surface area (Å²) < 4.78 is 21.6. The largest absolute Gasteiger partial charge is 0.496 e. The third-order valence-electron chi connectivity index (χ3n) is 11.3. The molecule has 0 radical (unpaired) electrons. The van der Waals surface area contributed by atoms with Crippen molar-refractivity contribution in [2.75, 3.05) is 50.6 Å². The molecule has 4 aromatic rings. The number of nitrogens with one attached hydrogen (secondary N) is 2. The summed E-state index contributed by atoms with van der Waals surface area (Å²) in [7, 11) is 5.22. The molecule has 3 aliphatic heterocycles. The Bertz CT molecular complexity index is 2130. The molecule has 54 heavy (non-hydrogen) atoms. The Morgan fingerprint density at radius 1 is 0.963 bits per heavy atom. The quantitative estimate of drug-likeness (QED) is 0.214. The van der Waals surface area contributed by atoms with Crippen LogP contribution in [0.15, 0.2) is 65.6 Å². The number of ether oxygens (including phenoxy) is 1. The van der Waals surface area contributed by atoms with E-state index in [0.717, 1.165) is 74.4 Å². The number of benzene rings is 3. The van der Waals surface area contributed by atoms with Gasteiger partial charge in [-0.05, 0) is 97.7 Å². The number of aryl methyl sites for hydroxylation is 1. The van der Waals surface area contributed by atoms with Gasteiger partial charge in [-0.2, -0.15) is 0 Å². The van der Waals surface area contributed by atoms with E-state index in [1.807, 2.05) is 48.3 Å². The first-order valence-electron chi connectivity index (χ1n) is 18.6. The fourth-order valence-electron chi connectivity index (χ4n) is 8.11. The summed E-state index contributed by atoms with van der Waals surface area (Å²) in [5.74, 6) is -0.124. The summed E-state index contributed by atoms with van der Waals surface area (Å²) >= 11 is 6.91. The number of carbonyl (C=O) groups excluding carboxylic acids is 3. The van der Waals surface area contributed by atoms with Gasteiger partial charge >= 0.3 is 0 Å². The molecule has 3 aromatic carbocycles. The number of halogens is 2.